The molecule has 2 fully saturated rings. The van der Waals surface area contributed by atoms with Gasteiger partial charge in [-0.3, -0.25) is 14.4 Å². The molecule has 0 unspecified atom stereocenters. The number of aliphatic hydroxyl groups excluding tert-OH is 2. The summed E-state index contributed by atoms with van der Waals surface area (Å²) >= 11 is 0. The van der Waals surface area contributed by atoms with Crippen LogP contribution in [0.4, 0.5) is 0 Å². The van der Waals surface area contributed by atoms with Crippen molar-refractivity contribution in [1.29, 1.82) is 0 Å². The van der Waals surface area contributed by atoms with E-state index in [-0.39, 0.29) is 61.1 Å². The van der Waals surface area contributed by atoms with Crippen LogP contribution in [-0.4, -0.2) is 121 Å². The number of hydrogen-bond acceptors (Lipinski definition) is 9. The van der Waals surface area contributed by atoms with Crippen molar-refractivity contribution in [3.05, 3.63) is 35.9 Å². The molecular formula is C38H63N3O9. The Morgan fingerprint density at radius 1 is 1.04 bits per heavy atom. The van der Waals surface area contributed by atoms with Crippen LogP contribution < -0.4 is 5.32 Å². The first-order chi connectivity index (χ1) is 23.7. The van der Waals surface area contributed by atoms with E-state index in [2.05, 4.69) is 19.2 Å². The molecule has 3 amide bonds. The van der Waals surface area contributed by atoms with E-state index in [1.165, 1.54) is 0 Å². The quantitative estimate of drug-likeness (QED) is 0.208. The highest BCUT2D eigenvalue weighted by molar-refractivity contribution is 5.81. The summed E-state index contributed by atoms with van der Waals surface area (Å²) in [6.45, 7) is 12.4. The van der Waals surface area contributed by atoms with Gasteiger partial charge in [-0.25, -0.2) is 0 Å². The smallest absolute Gasteiger partial charge is 0.225 e. The lowest BCUT2D eigenvalue weighted by Crippen LogP contribution is -2.54. The minimum atomic E-state index is -1.02. The van der Waals surface area contributed by atoms with Crippen LogP contribution in [0.3, 0.4) is 0 Å². The SMILES string of the molecule is CC[C@H](C)[C@@H]([C@@H](CC(=O)N1CCC[C@H]1[C@H](OC)[C@@H](C)C(=O)N[C@H](C)[C@@H](O[C@@H]1OC[C@@H](O)C[C@H]1O)c1ccccc1)OC)N(C)C(=O)CC(C)C. The highest BCUT2D eigenvalue weighted by atomic mass is 16.7. The van der Waals surface area contributed by atoms with Crippen molar-refractivity contribution in [2.45, 2.75) is 135 Å². The van der Waals surface area contributed by atoms with Crippen molar-refractivity contribution < 1.29 is 43.5 Å². The summed E-state index contributed by atoms with van der Waals surface area (Å²) in [4.78, 5) is 44.5. The third kappa shape index (κ3) is 10.9. The first-order valence-corrected chi connectivity index (χ1v) is 18.3. The second-order valence-electron chi connectivity index (χ2n) is 14.7. The van der Waals surface area contributed by atoms with Crippen molar-refractivity contribution in [2.75, 3.05) is 34.4 Å². The molecule has 3 N–H and O–H groups in total. The molecule has 2 saturated heterocycles. The lowest BCUT2D eigenvalue weighted by Gasteiger charge is -2.39. The van der Waals surface area contributed by atoms with Crippen molar-refractivity contribution in [3.63, 3.8) is 0 Å². The first-order valence-electron chi connectivity index (χ1n) is 18.3. The number of nitrogens with one attached hydrogen (secondary N) is 1. The Bertz CT molecular complexity index is 1200. The molecule has 0 aromatic heterocycles. The van der Waals surface area contributed by atoms with Crippen molar-refractivity contribution in [2.24, 2.45) is 17.8 Å². The average molecular weight is 706 g/mol. The van der Waals surface area contributed by atoms with Gasteiger partial charge in [0.15, 0.2) is 6.29 Å². The van der Waals surface area contributed by atoms with E-state index < -0.39 is 48.8 Å². The predicted octanol–water partition coefficient (Wildman–Crippen LogP) is 3.68. The van der Waals surface area contributed by atoms with Crippen LogP contribution in [0.1, 0.15) is 91.7 Å². The maximum Gasteiger partial charge on any atom is 0.225 e. The second kappa shape index (κ2) is 19.8. The average Bonchev–Trinajstić information content (AvgIpc) is 3.57. The summed E-state index contributed by atoms with van der Waals surface area (Å²) in [5.74, 6) is -0.596. The number of likely N-dealkylation sites (N-methyl/N-ethyl adjacent to an activating group) is 1. The van der Waals surface area contributed by atoms with E-state index in [1.54, 1.807) is 33.1 Å². The number of nitrogens with zero attached hydrogens (tertiary/aromatic N) is 2. The van der Waals surface area contributed by atoms with Gasteiger partial charge in [0.2, 0.25) is 17.7 Å². The zero-order chi connectivity index (χ0) is 37.1. The monoisotopic (exact) mass is 705 g/mol. The molecule has 2 aliphatic heterocycles. The minimum Gasteiger partial charge on any atom is -0.391 e. The van der Waals surface area contributed by atoms with E-state index >= 15 is 0 Å². The van der Waals surface area contributed by atoms with Gasteiger partial charge in [-0.15, -0.1) is 0 Å². The Labute approximate surface area is 299 Å². The van der Waals surface area contributed by atoms with Gasteiger partial charge in [0.25, 0.3) is 0 Å². The molecule has 1 aromatic rings. The van der Waals surface area contributed by atoms with Gasteiger partial charge in [-0.2, -0.15) is 0 Å². The van der Waals surface area contributed by atoms with E-state index in [0.717, 1.165) is 18.4 Å². The fourth-order valence-corrected chi connectivity index (χ4v) is 7.43. The Kier molecular flexibility index (Phi) is 16.6. The van der Waals surface area contributed by atoms with Crippen LogP contribution in [0, 0.1) is 17.8 Å². The first kappa shape index (κ1) is 41.8. The molecule has 0 aliphatic carbocycles. The number of rotatable bonds is 18. The Morgan fingerprint density at radius 3 is 2.30 bits per heavy atom. The fraction of sp³-hybridized carbons (Fsp3) is 0.763. The number of benzene rings is 1. The molecule has 1 aromatic carbocycles. The number of likely N-dealkylation sites (tertiary alicyclic amines) is 1. The Hall–Kier alpha value is -2.61. The van der Waals surface area contributed by atoms with Gasteiger partial charge in [0.05, 0.1) is 55.4 Å². The highest BCUT2D eigenvalue weighted by Gasteiger charge is 2.43. The maximum absolute atomic E-state index is 14.0. The number of ether oxygens (including phenoxy) is 4. The summed E-state index contributed by atoms with van der Waals surface area (Å²) < 4.78 is 23.7. The molecular weight excluding hydrogens is 642 g/mol. The van der Waals surface area contributed by atoms with E-state index in [0.29, 0.717) is 19.4 Å². The summed E-state index contributed by atoms with van der Waals surface area (Å²) in [5.41, 5.74) is 0.797. The number of carbonyl (C=O) groups excluding carboxylic acids is 3. The third-order valence-corrected chi connectivity index (χ3v) is 10.4. The minimum absolute atomic E-state index is 0.0357. The van der Waals surface area contributed by atoms with Crippen molar-refractivity contribution >= 4 is 17.7 Å². The molecule has 2 heterocycles. The molecule has 3 rings (SSSR count). The Morgan fingerprint density at radius 2 is 1.72 bits per heavy atom. The van der Waals surface area contributed by atoms with Crippen molar-refractivity contribution in [1.82, 2.24) is 15.1 Å². The lowest BCUT2D eigenvalue weighted by molar-refractivity contribution is -0.256. The third-order valence-electron chi connectivity index (χ3n) is 10.4. The lowest BCUT2D eigenvalue weighted by atomic mass is 9.90. The van der Waals surface area contributed by atoms with E-state index in [1.807, 2.05) is 56.0 Å². The molecule has 11 atom stereocenters. The van der Waals surface area contributed by atoms with Crippen LogP contribution in [0.15, 0.2) is 30.3 Å². The number of carbonyl (C=O) groups is 3. The van der Waals surface area contributed by atoms with Crippen LogP contribution in [0.25, 0.3) is 0 Å². The highest BCUT2D eigenvalue weighted by Crippen LogP contribution is 2.31. The van der Waals surface area contributed by atoms with Crippen LogP contribution >= 0.6 is 0 Å². The summed E-state index contributed by atoms with van der Waals surface area (Å²) in [7, 11) is 4.97. The largest absolute Gasteiger partial charge is 0.391 e. The zero-order valence-electron chi connectivity index (χ0n) is 31.6. The molecule has 12 heteroatoms. The van der Waals surface area contributed by atoms with E-state index in [4.69, 9.17) is 18.9 Å². The Balaban J connectivity index is 1.74. The molecule has 0 spiro atoms. The molecule has 2 aliphatic rings. The zero-order valence-corrected chi connectivity index (χ0v) is 31.6. The predicted molar refractivity (Wildman–Crippen MR) is 190 cm³/mol. The number of methoxy groups -OCH3 is 2. The molecule has 50 heavy (non-hydrogen) atoms. The number of amides is 3. The molecule has 0 bridgehead atoms. The maximum atomic E-state index is 14.0. The van der Waals surface area contributed by atoms with E-state index in [9.17, 15) is 24.6 Å². The van der Waals surface area contributed by atoms with Gasteiger partial charge >= 0.3 is 0 Å². The summed E-state index contributed by atoms with van der Waals surface area (Å²) in [6.07, 6.45) is -1.51. The normalized spacial score (nSPS) is 25.3. The number of hydrogen-bond donors (Lipinski definition) is 3. The van der Waals surface area contributed by atoms with Gasteiger partial charge < -0.3 is 44.3 Å². The van der Waals surface area contributed by atoms with Crippen LogP contribution in [-0.2, 0) is 33.3 Å². The molecule has 0 radical (unpaired) electrons. The fourth-order valence-electron chi connectivity index (χ4n) is 7.43. The van der Waals surface area contributed by atoms with Gasteiger partial charge in [-0.1, -0.05) is 71.4 Å². The summed E-state index contributed by atoms with van der Waals surface area (Å²) in [6, 6.07) is 8.30. The van der Waals surface area contributed by atoms with Gasteiger partial charge in [0.1, 0.15) is 12.2 Å². The summed E-state index contributed by atoms with van der Waals surface area (Å²) in [5, 5.41) is 23.5. The number of aliphatic hydroxyl groups is 2. The molecule has 12 nitrogen and oxygen atoms in total. The molecule has 284 valence electrons. The van der Waals surface area contributed by atoms with Gasteiger partial charge in [-0.05, 0) is 37.2 Å². The van der Waals surface area contributed by atoms with Crippen LogP contribution in [0.2, 0.25) is 0 Å². The van der Waals surface area contributed by atoms with Crippen molar-refractivity contribution in [3.8, 4) is 0 Å². The second-order valence-corrected chi connectivity index (χ2v) is 14.7. The standard InChI is InChI=1S/C38H63N3O9/c1-10-24(4)34(40(7)32(44)19-23(2)3)31(47-8)21-33(45)41-18-14-17-29(41)35(48-9)25(5)37(46)39-26(6)36(27-15-12-11-13-16-27)50-38-30(43)20-28(42)22-49-38/h11-13,15-16,23-26,28-31,34-36,38,42-43H,10,14,17-22H2,1-9H3,(H,39,46)/t24-,25+,26+,28-,29-,30+,31+,34-,35+,36+,38-/m0/s1. The topological polar surface area (TPSA) is 147 Å². The van der Waals surface area contributed by atoms with Gasteiger partial charge in [0, 0.05) is 40.7 Å². The van der Waals surface area contributed by atoms with Crippen LogP contribution in [0.5, 0.6) is 0 Å². The molecule has 0 saturated carbocycles.